The van der Waals surface area contributed by atoms with E-state index in [1.54, 1.807) is 30.3 Å². The predicted molar refractivity (Wildman–Crippen MR) is 167 cm³/mol. The van der Waals surface area contributed by atoms with E-state index in [1.165, 1.54) is 7.11 Å². The van der Waals surface area contributed by atoms with Crippen LogP contribution >= 0.6 is 0 Å². The summed E-state index contributed by atoms with van der Waals surface area (Å²) in [5.41, 5.74) is 4.31. The number of carbonyl (C=O) groups is 4. The van der Waals surface area contributed by atoms with Gasteiger partial charge >= 0.3 is 24.1 Å². The van der Waals surface area contributed by atoms with E-state index in [0.717, 1.165) is 30.5 Å². The fourth-order valence-corrected chi connectivity index (χ4v) is 4.06. The highest BCUT2D eigenvalue weighted by Gasteiger charge is 2.38. The minimum atomic E-state index is -5.08. The van der Waals surface area contributed by atoms with E-state index in [9.17, 15) is 32.7 Å². The van der Waals surface area contributed by atoms with Gasteiger partial charge in [-0.05, 0) is 66.9 Å². The molecule has 1 atom stereocenters. The van der Waals surface area contributed by atoms with Crippen molar-refractivity contribution in [3.63, 3.8) is 0 Å². The Morgan fingerprint density at radius 1 is 0.891 bits per heavy atom. The Labute approximate surface area is 264 Å². The van der Waals surface area contributed by atoms with Crippen LogP contribution < -0.4 is 26.0 Å². The first-order chi connectivity index (χ1) is 21.7. The minimum absolute atomic E-state index is 0.0182. The van der Waals surface area contributed by atoms with E-state index in [2.05, 4.69) is 28.2 Å². The standard InChI is InChI=1S/C30H36N4O5.C2HF3O2/c1-4-5-16-31-26(19-29(36)37)22-11-13-23(14-12-22)32-28(35)18-21-10-15-25(27(17-21)39-3)34-30(38)33-24-9-7-6-8-20(24)2;3-2(4,5)1(6)7/h6-15,17,26,31H,4-5,16,18-19H2,1-3H3,(H,32,35)(H,36,37)(H2,33,34,38);(H,6,7). The first-order valence-corrected chi connectivity index (χ1v) is 14.2. The number of alkyl halides is 3. The predicted octanol–water partition coefficient (Wildman–Crippen LogP) is 6.37. The lowest BCUT2D eigenvalue weighted by Crippen LogP contribution is -2.25. The molecule has 3 aromatic carbocycles. The molecule has 3 rings (SSSR count). The number of carboxylic acid groups (broad SMARTS) is 2. The maximum Gasteiger partial charge on any atom is 0.490 e. The van der Waals surface area contributed by atoms with Crippen molar-refractivity contribution in [1.82, 2.24) is 5.32 Å². The number of aliphatic carboxylic acids is 2. The number of benzene rings is 3. The van der Waals surface area contributed by atoms with Crippen LogP contribution in [0.2, 0.25) is 0 Å². The van der Waals surface area contributed by atoms with Crippen LogP contribution in [0.1, 0.15) is 48.9 Å². The second-order valence-corrected chi connectivity index (χ2v) is 10.0. The van der Waals surface area contributed by atoms with Crippen LogP contribution in [0.5, 0.6) is 5.75 Å². The number of halogens is 3. The lowest BCUT2D eigenvalue weighted by Gasteiger charge is -2.18. The fourth-order valence-electron chi connectivity index (χ4n) is 4.06. The maximum atomic E-state index is 12.7. The van der Waals surface area contributed by atoms with Gasteiger partial charge in [-0.15, -0.1) is 0 Å². The Balaban J connectivity index is 0.000000942. The molecule has 0 aliphatic rings. The molecule has 3 amide bonds. The molecule has 1 unspecified atom stereocenters. The van der Waals surface area contributed by atoms with Gasteiger partial charge in [0.05, 0.1) is 25.6 Å². The third-order valence-corrected chi connectivity index (χ3v) is 6.41. The highest BCUT2D eigenvalue weighted by molar-refractivity contribution is 6.01. The number of methoxy groups -OCH3 is 1. The van der Waals surface area contributed by atoms with Crippen LogP contribution in [-0.4, -0.2) is 53.9 Å². The zero-order chi connectivity index (χ0) is 34.3. The Bertz CT molecular complexity index is 1480. The summed E-state index contributed by atoms with van der Waals surface area (Å²) < 4.78 is 37.2. The molecule has 6 N–H and O–H groups in total. The van der Waals surface area contributed by atoms with Crippen molar-refractivity contribution in [2.24, 2.45) is 0 Å². The first kappa shape index (κ1) is 37.1. The van der Waals surface area contributed by atoms with Crippen molar-refractivity contribution in [2.75, 3.05) is 29.6 Å². The number of urea groups is 1. The van der Waals surface area contributed by atoms with Crippen molar-refractivity contribution in [3.05, 3.63) is 83.4 Å². The number of ether oxygens (including phenoxy) is 1. The molecule has 0 aromatic heterocycles. The SMILES string of the molecule is CCCCNC(CC(=O)O)c1ccc(NC(=O)Cc2ccc(NC(=O)Nc3ccccc3C)c(OC)c2)cc1.O=C(O)C(F)(F)F. The second-order valence-electron chi connectivity index (χ2n) is 10.0. The second kappa shape index (κ2) is 18.0. The molecule has 0 saturated heterocycles. The lowest BCUT2D eigenvalue weighted by atomic mass is 10.0. The van der Waals surface area contributed by atoms with Crippen molar-refractivity contribution >= 4 is 40.9 Å². The summed E-state index contributed by atoms with van der Waals surface area (Å²) in [4.78, 5) is 45.3. The Kier molecular flexibility index (Phi) is 14.5. The zero-order valence-electron chi connectivity index (χ0n) is 25.5. The molecule has 0 radical (unpaired) electrons. The summed E-state index contributed by atoms with van der Waals surface area (Å²) in [6.45, 7) is 4.73. The number of amides is 3. The number of para-hydroxylation sites is 1. The van der Waals surface area contributed by atoms with Crippen LogP contribution in [0.3, 0.4) is 0 Å². The maximum absolute atomic E-state index is 12.7. The number of nitrogens with one attached hydrogen (secondary N) is 4. The van der Waals surface area contributed by atoms with E-state index in [0.29, 0.717) is 28.4 Å². The van der Waals surface area contributed by atoms with Gasteiger partial charge < -0.3 is 36.2 Å². The molecule has 0 aliphatic heterocycles. The van der Waals surface area contributed by atoms with Gasteiger partial charge in [0.25, 0.3) is 0 Å². The molecule has 3 aromatic rings. The Morgan fingerprint density at radius 2 is 1.52 bits per heavy atom. The van der Waals surface area contributed by atoms with Crippen LogP contribution in [0.15, 0.2) is 66.7 Å². The van der Waals surface area contributed by atoms with E-state index in [4.69, 9.17) is 14.6 Å². The van der Waals surface area contributed by atoms with Crippen molar-refractivity contribution in [2.45, 2.75) is 51.7 Å². The number of carboxylic acids is 2. The first-order valence-electron chi connectivity index (χ1n) is 14.2. The smallest absolute Gasteiger partial charge is 0.490 e. The molecule has 46 heavy (non-hydrogen) atoms. The lowest BCUT2D eigenvalue weighted by molar-refractivity contribution is -0.192. The van der Waals surface area contributed by atoms with Gasteiger partial charge in [-0.3, -0.25) is 9.59 Å². The highest BCUT2D eigenvalue weighted by atomic mass is 19.4. The van der Waals surface area contributed by atoms with Gasteiger partial charge in [-0.25, -0.2) is 9.59 Å². The molecule has 0 bridgehead atoms. The number of hydrogen-bond donors (Lipinski definition) is 6. The molecule has 14 heteroatoms. The van der Waals surface area contributed by atoms with Gasteiger partial charge in [-0.1, -0.05) is 49.7 Å². The summed E-state index contributed by atoms with van der Waals surface area (Å²) in [5.74, 6) is -3.41. The molecular weight excluding hydrogens is 609 g/mol. The van der Waals surface area contributed by atoms with Crippen LogP contribution in [0, 0.1) is 6.92 Å². The summed E-state index contributed by atoms with van der Waals surface area (Å²) in [5, 5.41) is 28.1. The van der Waals surface area contributed by atoms with E-state index in [-0.39, 0.29) is 24.8 Å². The number of unbranched alkanes of at least 4 members (excludes halogenated alkanes) is 1. The van der Waals surface area contributed by atoms with E-state index in [1.807, 2.05) is 43.3 Å². The van der Waals surface area contributed by atoms with Gasteiger partial charge in [-0.2, -0.15) is 13.2 Å². The van der Waals surface area contributed by atoms with Crippen LogP contribution in [-0.2, 0) is 20.8 Å². The molecule has 0 saturated carbocycles. The largest absolute Gasteiger partial charge is 0.495 e. The molecule has 0 aliphatic carbocycles. The minimum Gasteiger partial charge on any atom is -0.495 e. The third-order valence-electron chi connectivity index (χ3n) is 6.41. The number of rotatable bonds is 13. The molecular formula is C32H37F3N4O7. The van der Waals surface area contributed by atoms with Gasteiger partial charge in [0.2, 0.25) is 5.91 Å². The summed E-state index contributed by atoms with van der Waals surface area (Å²) in [6.07, 6.45) is -3.01. The Morgan fingerprint density at radius 3 is 2.09 bits per heavy atom. The molecule has 0 spiro atoms. The normalized spacial score (nSPS) is 11.3. The van der Waals surface area contributed by atoms with Crippen LogP contribution in [0.4, 0.5) is 35.0 Å². The molecule has 0 fully saturated rings. The number of aryl methyl sites for hydroxylation is 1. The molecule has 248 valence electrons. The third kappa shape index (κ3) is 12.9. The van der Waals surface area contributed by atoms with Crippen LogP contribution in [0.25, 0.3) is 0 Å². The van der Waals surface area contributed by atoms with Gasteiger partial charge in [0.15, 0.2) is 0 Å². The fraction of sp³-hybridized carbons (Fsp3) is 0.312. The quantitative estimate of drug-likeness (QED) is 0.117. The summed E-state index contributed by atoms with van der Waals surface area (Å²) >= 11 is 0. The van der Waals surface area contributed by atoms with E-state index < -0.39 is 24.1 Å². The Hall–Kier alpha value is -5.11. The molecule has 0 heterocycles. The molecule has 11 nitrogen and oxygen atoms in total. The zero-order valence-corrected chi connectivity index (χ0v) is 25.5. The summed E-state index contributed by atoms with van der Waals surface area (Å²) in [7, 11) is 1.50. The van der Waals surface area contributed by atoms with Gasteiger partial charge in [0, 0.05) is 17.4 Å². The number of hydrogen-bond acceptors (Lipinski definition) is 6. The number of anilines is 3. The number of carbonyl (C=O) groups excluding carboxylic acids is 2. The van der Waals surface area contributed by atoms with Crippen molar-refractivity contribution < 1.29 is 47.3 Å². The highest BCUT2D eigenvalue weighted by Crippen LogP contribution is 2.27. The van der Waals surface area contributed by atoms with Gasteiger partial charge in [0.1, 0.15) is 5.75 Å². The average Bonchev–Trinajstić information content (AvgIpc) is 2.98. The van der Waals surface area contributed by atoms with E-state index >= 15 is 0 Å². The monoisotopic (exact) mass is 646 g/mol. The average molecular weight is 647 g/mol. The summed E-state index contributed by atoms with van der Waals surface area (Å²) in [6, 6.07) is 19.1. The van der Waals surface area contributed by atoms with Crippen molar-refractivity contribution in [3.8, 4) is 5.75 Å². The van der Waals surface area contributed by atoms with Crippen molar-refractivity contribution in [1.29, 1.82) is 0 Å². The topological polar surface area (TPSA) is 166 Å².